The van der Waals surface area contributed by atoms with Crippen molar-refractivity contribution < 1.29 is 29.7 Å². The van der Waals surface area contributed by atoms with Crippen LogP contribution in [0.3, 0.4) is 0 Å². The van der Waals surface area contributed by atoms with Gasteiger partial charge in [0.15, 0.2) is 6.29 Å². The fraction of sp³-hybridized carbons (Fsp3) is 0.500. The molecule has 1 aliphatic rings. The van der Waals surface area contributed by atoms with Gasteiger partial charge >= 0.3 is 0 Å². The SMILES string of the molecule is O=[N+]([O-])c1ccccc1CO[C@@H]1[C@H](O)[C@@H](CO)O[C@@H]1O. The first kappa shape index (κ1) is 14.8. The van der Waals surface area contributed by atoms with Gasteiger partial charge in [0.1, 0.15) is 18.3 Å². The van der Waals surface area contributed by atoms with Crippen molar-refractivity contribution in [2.75, 3.05) is 6.61 Å². The van der Waals surface area contributed by atoms with Crippen LogP contribution in [-0.2, 0) is 16.1 Å². The summed E-state index contributed by atoms with van der Waals surface area (Å²) in [5, 5.41) is 39.1. The first-order valence-corrected chi connectivity index (χ1v) is 6.01. The highest BCUT2D eigenvalue weighted by molar-refractivity contribution is 5.39. The third-order valence-electron chi connectivity index (χ3n) is 3.11. The Labute approximate surface area is 114 Å². The summed E-state index contributed by atoms with van der Waals surface area (Å²) in [7, 11) is 0. The van der Waals surface area contributed by atoms with Gasteiger partial charge in [0.2, 0.25) is 0 Å². The number of hydrogen-bond acceptors (Lipinski definition) is 7. The topological polar surface area (TPSA) is 122 Å². The summed E-state index contributed by atoms with van der Waals surface area (Å²) in [6.45, 7) is -0.610. The third kappa shape index (κ3) is 2.94. The molecule has 1 aromatic carbocycles. The number of para-hydroxylation sites is 1. The van der Waals surface area contributed by atoms with Gasteiger partial charge < -0.3 is 24.8 Å². The standard InChI is InChI=1S/C12H15NO7/c14-5-9-10(15)11(12(16)20-9)19-6-7-3-1-2-4-8(7)13(17)18/h1-4,9-12,14-16H,5-6H2/t9-,10-,11-,12+/m1/s1. The lowest BCUT2D eigenvalue weighted by Crippen LogP contribution is -2.36. The van der Waals surface area contributed by atoms with E-state index in [1.165, 1.54) is 18.2 Å². The maximum absolute atomic E-state index is 10.8. The van der Waals surface area contributed by atoms with Crippen LogP contribution >= 0.6 is 0 Å². The Morgan fingerprint density at radius 3 is 2.65 bits per heavy atom. The van der Waals surface area contributed by atoms with Gasteiger partial charge in [0.05, 0.1) is 23.7 Å². The second-order valence-electron chi connectivity index (χ2n) is 4.40. The molecule has 1 heterocycles. The van der Waals surface area contributed by atoms with Gasteiger partial charge in [-0.1, -0.05) is 12.1 Å². The van der Waals surface area contributed by atoms with E-state index in [0.717, 1.165) is 0 Å². The van der Waals surface area contributed by atoms with Crippen molar-refractivity contribution >= 4 is 5.69 Å². The van der Waals surface area contributed by atoms with Gasteiger partial charge in [0.25, 0.3) is 5.69 Å². The molecule has 4 atom stereocenters. The van der Waals surface area contributed by atoms with Crippen molar-refractivity contribution in [2.24, 2.45) is 0 Å². The molecule has 0 unspecified atom stereocenters. The van der Waals surface area contributed by atoms with E-state index in [1.54, 1.807) is 6.07 Å². The van der Waals surface area contributed by atoms with E-state index in [1.807, 2.05) is 0 Å². The Balaban J connectivity index is 2.04. The van der Waals surface area contributed by atoms with E-state index in [4.69, 9.17) is 14.6 Å². The molecule has 0 radical (unpaired) electrons. The van der Waals surface area contributed by atoms with Crippen molar-refractivity contribution in [3.63, 3.8) is 0 Å². The molecular formula is C12H15NO7. The number of nitro groups is 1. The zero-order valence-electron chi connectivity index (χ0n) is 10.5. The number of ether oxygens (including phenoxy) is 2. The first-order chi connectivity index (χ1) is 9.54. The van der Waals surface area contributed by atoms with Crippen LogP contribution in [0.15, 0.2) is 24.3 Å². The Hall–Kier alpha value is -1.58. The van der Waals surface area contributed by atoms with Crippen molar-refractivity contribution in [3.8, 4) is 0 Å². The second-order valence-corrected chi connectivity index (χ2v) is 4.40. The summed E-state index contributed by atoms with van der Waals surface area (Å²) in [6, 6.07) is 6.02. The van der Waals surface area contributed by atoms with E-state index in [9.17, 15) is 20.3 Å². The van der Waals surface area contributed by atoms with Gasteiger partial charge in [0, 0.05) is 6.07 Å². The number of nitrogens with zero attached hydrogens (tertiary/aromatic N) is 1. The van der Waals surface area contributed by atoms with Crippen LogP contribution in [0.25, 0.3) is 0 Å². The number of nitro benzene ring substituents is 1. The van der Waals surface area contributed by atoms with Crippen LogP contribution in [-0.4, -0.2) is 51.5 Å². The molecule has 20 heavy (non-hydrogen) atoms. The second kappa shape index (κ2) is 6.25. The predicted molar refractivity (Wildman–Crippen MR) is 65.6 cm³/mol. The summed E-state index contributed by atoms with van der Waals surface area (Å²) < 4.78 is 10.2. The van der Waals surface area contributed by atoms with Crippen LogP contribution in [0.5, 0.6) is 0 Å². The molecular weight excluding hydrogens is 270 g/mol. The fourth-order valence-corrected chi connectivity index (χ4v) is 2.05. The van der Waals surface area contributed by atoms with Crippen molar-refractivity contribution in [1.29, 1.82) is 0 Å². The zero-order chi connectivity index (χ0) is 14.7. The van der Waals surface area contributed by atoms with Crippen molar-refractivity contribution in [1.82, 2.24) is 0 Å². The molecule has 0 spiro atoms. The quantitative estimate of drug-likeness (QED) is 0.494. The minimum atomic E-state index is -1.38. The Morgan fingerprint density at radius 1 is 1.35 bits per heavy atom. The molecule has 0 amide bonds. The van der Waals surface area contributed by atoms with E-state index in [0.29, 0.717) is 5.56 Å². The average Bonchev–Trinajstić information content (AvgIpc) is 2.71. The van der Waals surface area contributed by atoms with Gasteiger partial charge in [-0.2, -0.15) is 0 Å². The molecule has 8 heteroatoms. The van der Waals surface area contributed by atoms with Crippen molar-refractivity contribution in [2.45, 2.75) is 31.2 Å². The minimum absolute atomic E-state index is 0.103. The molecule has 2 rings (SSSR count). The lowest BCUT2D eigenvalue weighted by molar-refractivity contribution is -0.386. The highest BCUT2D eigenvalue weighted by atomic mass is 16.7. The van der Waals surface area contributed by atoms with Gasteiger partial charge in [-0.25, -0.2) is 0 Å². The molecule has 110 valence electrons. The molecule has 1 aliphatic heterocycles. The van der Waals surface area contributed by atoms with Crippen molar-refractivity contribution in [3.05, 3.63) is 39.9 Å². The Morgan fingerprint density at radius 2 is 2.05 bits per heavy atom. The molecule has 1 fully saturated rings. The molecule has 3 N–H and O–H groups in total. The van der Waals surface area contributed by atoms with Gasteiger partial charge in [-0.05, 0) is 6.07 Å². The van der Waals surface area contributed by atoms with E-state index in [2.05, 4.69) is 0 Å². The highest BCUT2D eigenvalue weighted by Crippen LogP contribution is 2.25. The summed E-state index contributed by atoms with van der Waals surface area (Å²) in [4.78, 5) is 10.3. The Kier molecular flexibility index (Phi) is 4.63. The fourth-order valence-electron chi connectivity index (χ4n) is 2.05. The summed E-state index contributed by atoms with van der Waals surface area (Å²) >= 11 is 0. The van der Waals surface area contributed by atoms with E-state index >= 15 is 0 Å². The van der Waals surface area contributed by atoms with Crippen LogP contribution in [0.2, 0.25) is 0 Å². The summed E-state index contributed by atoms with van der Waals surface area (Å²) in [6.07, 6.45) is -4.57. The molecule has 0 aliphatic carbocycles. The molecule has 1 aromatic rings. The minimum Gasteiger partial charge on any atom is -0.394 e. The lowest BCUT2D eigenvalue weighted by Gasteiger charge is -2.17. The first-order valence-electron chi connectivity index (χ1n) is 6.01. The largest absolute Gasteiger partial charge is 0.394 e. The van der Waals surface area contributed by atoms with Gasteiger partial charge in [-0.3, -0.25) is 10.1 Å². The number of hydrogen-bond donors (Lipinski definition) is 3. The van der Waals surface area contributed by atoms with Crippen LogP contribution in [0.1, 0.15) is 5.56 Å². The zero-order valence-corrected chi connectivity index (χ0v) is 10.5. The predicted octanol–water partition coefficient (Wildman–Crippen LogP) is -0.450. The molecule has 0 saturated carbocycles. The maximum atomic E-state index is 10.8. The highest BCUT2D eigenvalue weighted by Gasteiger charge is 2.43. The number of aliphatic hydroxyl groups excluding tert-OH is 3. The summed E-state index contributed by atoms with van der Waals surface area (Å²) in [5.74, 6) is 0. The summed E-state index contributed by atoms with van der Waals surface area (Å²) in [5.41, 5.74) is 0.221. The monoisotopic (exact) mass is 285 g/mol. The molecule has 1 saturated heterocycles. The third-order valence-corrected chi connectivity index (χ3v) is 3.11. The normalized spacial score (nSPS) is 29.6. The van der Waals surface area contributed by atoms with Crippen LogP contribution < -0.4 is 0 Å². The molecule has 0 bridgehead atoms. The van der Waals surface area contributed by atoms with Crippen LogP contribution in [0.4, 0.5) is 5.69 Å². The smallest absolute Gasteiger partial charge is 0.274 e. The van der Waals surface area contributed by atoms with E-state index < -0.39 is 36.1 Å². The number of rotatable bonds is 5. The lowest BCUT2D eigenvalue weighted by atomic mass is 10.1. The van der Waals surface area contributed by atoms with E-state index in [-0.39, 0.29) is 12.3 Å². The Bertz CT molecular complexity index is 481. The molecule has 8 nitrogen and oxygen atoms in total. The molecule has 0 aromatic heterocycles. The average molecular weight is 285 g/mol. The number of aliphatic hydroxyl groups is 3. The van der Waals surface area contributed by atoms with Gasteiger partial charge in [-0.15, -0.1) is 0 Å². The maximum Gasteiger partial charge on any atom is 0.274 e. The van der Waals surface area contributed by atoms with Crippen LogP contribution in [0, 0.1) is 10.1 Å². The number of benzene rings is 1.